The molecule has 17 heavy (non-hydrogen) atoms. The summed E-state index contributed by atoms with van der Waals surface area (Å²) in [6, 6.07) is 0. The maximum Gasteiger partial charge on any atom is 0.0704 e. The van der Waals surface area contributed by atoms with Gasteiger partial charge >= 0.3 is 0 Å². The molecule has 1 aliphatic heterocycles. The molecule has 0 aromatic rings. The summed E-state index contributed by atoms with van der Waals surface area (Å²) in [6.45, 7) is 7.95. The van der Waals surface area contributed by atoms with Gasteiger partial charge in [0.25, 0.3) is 0 Å². The van der Waals surface area contributed by atoms with Gasteiger partial charge in [-0.1, -0.05) is 13.3 Å². The van der Waals surface area contributed by atoms with Crippen molar-refractivity contribution in [3.05, 3.63) is 0 Å². The molecule has 0 atom stereocenters. The minimum Gasteiger partial charge on any atom is -0.379 e. The molecule has 102 valence electrons. The first-order valence-corrected chi connectivity index (χ1v) is 6.91. The summed E-state index contributed by atoms with van der Waals surface area (Å²) < 4.78 is 16.6. The highest BCUT2D eigenvalue weighted by Crippen LogP contribution is 2.06. The number of nitrogens with one attached hydrogen (secondary N) is 1. The molecule has 0 bridgehead atoms. The molecule has 0 spiro atoms. The smallest absolute Gasteiger partial charge is 0.0704 e. The Morgan fingerprint density at radius 3 is 2.29 bits per heavy atom. The fourth-order valence-corrected chi connectivity index (χ4v) is 1.80. The maximum atomic E-state index is 5.72. The lowest BCUT2D eigenvalue weighted by Gasteiger charge is -2.22. The van der Waals surface area contributed by atoms with Crippen molar-refractivity contribution in [2.75, 3.05) is 46.1 Å². The summed E-state index contributed by atoms with van der Waals surface area (Å²) in [6.07, 6.45) is 5.00. The van der Waals surface area contributed by atoms with Crippen molar-refractivity contribution >= 4 is 0 Å². The number of hydrogen-bond donors (Lipinski definition) is 1. The second-order valence-corrected chi connectivity index (χ2v) is 4.40. The van der Waals surface area contributed by atoms with Crippen molar-refractivity contribution in [1.82, 2.24) is 5.32 Å². The van der Waals surface area contributed by atoms with Gasteiger partial charge in [0.1, 0.15) is 0 Å². The van der Waals surface area contributed by atoms with Crippen LogP contribution in [0.1, 0.15) is 32.6 Å². The van der Waals surface area contributed by atoms with E-state index in [0.717, 1.165) is 39.0 Å². The Bertz CT molecular complexity index is 161. The van der Waals surface area contributed by atoms with Crippen molar-refractivity contribution in [2.45, 2.75) is 38.7 Å². The largest absolute Gasteiger partial charge is 0.379 e. The van der Waals surface area contributed by atoms with E-state index in [1.807, 2.05) is 0 Å². The Hall–Kier alpha value is -0.160. The van der Waals surface area contributed by atoms with E-state index in [4.69, 9.17) is 14.2 Å². The second-order valence-electron chi connectivity index (χ2n) is 4.40. The van der Waals surface area contributed by atoms with Crippen molar-refractivity contribution < 1.29 is 14.2 Å². The summed E-state index contributed by atoms with van der Waals surface area (Å²) in [5, 5.41) is 3.32. The first-order chi connectivity index (χ1) is 8.43. The van der Waals surface area contributed by atoms with Crippen molar-refractivity contribution in [3.8, 4) is 0 Å². The topological polar surface area (TPSA) is 39.7 Å². The zero-order valence-electron chi connectivity index (χ0n) is 11.1. The fraction of sp³-hybridized carbons (Fsp3) is 1.00. The van der Waals surface area contributed by atoms with E-state index in [0.29, 0.717) is 32.5 Å². The lowest BCUT2D eigenvalue weighted by Crippen LogP contribution is -2.33. The fourth-order valence-electron chi connectivity index (χ4n) is 1.80. The molecule has 0 saturated carbocycles. The van der Waals surface area contributed by atoms with Crippen LogP contribution in [0.25, 0.3) is 0 Å². The molecule has 1 rings (SSSR count). The normalized spacial score (nSPS) is 17.5. The van der Waals surface area contributed by atoms with E-state index in [1.165, 1.54) is 6.42 Å². The van der Waals surface area contributed by atoms with Crippen LogP contribution in [0.4, 0.5) is 0 Å². The maximum absolute atomic E-state index is 5.72. The highest BCUT2D eigenvalue weighted by Gasteiger charge is 2.12. The van der Waals surface area contributed by atoms with Crippen LogP contribution in [-0.4, -0.2) is 52.2 Å². The van der Waals surface area contributed by atoms with Gasteiger partial charge in [-0.3, -0.25) is 0 Å². The van der Waals surface area contributed by atoms with Crippen LogP contribution in [0, 0.1) is 0 Å². The molecular formula is C13H27NO3. The van der Waals surface area contributed by atoms with Crippen LogP contribution < -0.4 is 5.32 Å². The molecule has 1 saturated heterocycles. The van der Waals surface area contributed by atoms with Gasteiger partial charge in [-0.25, -0.2) is 0 Å². The quantitative estimate of drug-likeness (QED) is 0.593. The summed E-state index contributed by atoms with van der Waals surface area (Å²) >= 11 is 0. The van der Waals surface area contributed by atoms with Crippen molar-refractivity contribution in [1.29, 1.82) is 0 Å². The van der Waals surface area contributed by atoms with Crippen LogP contribution in [0.5, 0.6) is 0 Å². The summed E-state index contributed by atoms with van der Waals surface area (Å²) in [7, 11) is 0. The summed E-state index contributed by atoms with van der Waals surface area (Å²) in [5.74, 6) is 0. The molecule has 0 radical (unpaired) electrons. The predicted octanol–water partition coefficient (Wildman–Crippen LogP) is 1.59. The molecule has 1 N–H and O–H groups in total. The SMILES string of the molecule is CCCCOCCOCCOC1CCNCC1. The molecule has 1 aliphatic rings. The van der Waals surface area contributed by atoms with Crippen molar-refractivity contribution in [2.24, 2.45) is 0 Å². The Morgan fingerprint density at radius 1 is 0.941 bits per heavy atom. The van der Waals surface area contributed by atoms with Gasteiger partial charge in [0, 0.05) is 6.61 Å². The zero-order chi connectivity index (χ0) is 12.2. The monoisotopic (exact) mass is 245 g/mol. The molecule has 0 aliphatic carbocycles. The number of piperidine rings is 1. The van der Waals surface area contributed by atoms with Gasteiger partial charge in [-0.05, 0) is 32.4 Å². The average molecular weight is 245 g/mol. The number of rotatable bonds is 10. The third kappa shape index (κ3) is 8.55. The summed E-state index contributed by atoms with van der Waals surface area (Å²) in [4.78, 5) is 0. The molecule has 0 unspecified atom stereocenters. The average Bonchev–Trinajstić information content (AvgIpc) is 2.38. The molecular weight excluding hydrogens is 218 g/mol. The van der Waals surface area contributed by atoms with Gasteiger partial charge in [-0.2, -0.15) is 0 Å². The molecule has 1 fully saturated rings. The lowest BCUT2D eigenvalue weighted by atomic mass is 10.1. The van der Waals surface area contributed by atoms with Crippen LogP contribution in [-0.2, 0) is 14.2 Å². The highest BCUT2D eigenvalue weighted by atomic mass is 16.5. The third-order valence-corrected chi connectivity index (χ3v) is 2.88. The Balaban J connectivity index is 1.75. The van der Waals surface area contributed by atoms with E-state index in [9.17, 15) is 0 Å². The van der Waals surface area contributed by atoms with E-state index < -0.39 is 0 Å². The van der Waals surface area contributed by atoms with Crippen LogP contribution in [0.3, 0.4) is 0 Å². The predicted molar refractivity (Wildman–Crippen MR) is 68.4 cm³/mol. The van der Waals surface area contributed by atoms with Gasteiger partial charge in [0.2, 0.25) is 0 Å². The lowest BCUT2D eigenvalue weighted by molar-refractivity contribution is -0.0198. The van der Waals surface area contributed by atoms with E-state index in [1.54, 1.807) is 0 Å². The van der Waals surface area contributed by atoms with Gasteiger partial charge in [0.05, 0.1) is 32.5 Å². The minimum absolute atomic E-state index is 0.431. The Morgan fingerprint density at radius 2 is 1.59 bits per heavy atom. The Kier molecular flexibility index (Phi) is 9.61. The van der Waals surface area contributed by atoms with Crippen molar-refractivity contribution in [3.63, 3.8) is 0 Å². The van der Waals surface area contributed by atoms with E-state index >= 15 is 0 Å². The van der Waals surface area contributed by atoms with Gasteiger partial charge < -0.3 is 19.5 Å². The summed E-state index contributed by atoms with van der Waals surface area (Å²) in [5.41, 5.74) is 0. The van der Waals surface area contributed by atoms with Crippen LogP contribution in [0.2, 0.25) is 0 Å². The highest BCUT2D eigenvalue weighted by molar-refractivity contribution is 4.67. The molecule has 0 amide bonds. The standard InChI is InChI=1S/C13H27NO3/c1-2-3-8-15-9-10-16-11-12-17-13-4-6-14-7-5-13/h13-14H,2-12H2,1H3. The number of unbranched alkanes of at least 4 members (excludes halogenated alkanes) is 1. The second kappa shape index (κ2) is 11.0. The number of hydrogen-bond acceptors (Lipinski definition) is 4. The molecule has 0 aromatic carbocycles. The number of ether oxygens (including phenoxy) is 3. The minimum atomic E-state index is 0.431. The zero-order valence-corrected chi connectivity index (χ0v) is 11.1. The third-order valence-electron chi connectivity index (χ3n) is 2.88. The molecule has 1 heterocycles. The van der Waals surface area contributed by atoms with Crippen LogP contribution in [0.15, 0.2) is 0 Å². The molecule has 4 heteroatoms. The van der Waals surface area contributed by atoms with Gasteiger partial charge in [-0.15, -0.1) is 0 Å². The molecule has 0 aromatic heterocycles. The van der Waals surface area contributed by atoms with E-state index in [2.05, 4.69) is 12.2 Å². The first kappa shape index (κ1) is 14.9. The Labute approximate surface area is 105 Å². The molecule has 4 nitrogen and oxygen atoms in total. The van der Waals surface area contributed by atoms with Crippen LogP contribution >= 0.6 is 0 Å². The van der Waals surface area contributed by atoms with Gasteiger partial charge in [0.15, 0.2) is 0 Å². The first-order valence-electron chi connectivity index (χ1n) is 6.91. The van der Waals surface area contributed by atoms with E-state index in [-0.39, 0.29) is 0 Å².